The smallest absolute Gasteiger partial charge is 0.320 e. The van der Waals surface area contributed by atoms with Gasteiger partial charge in [-0.05, 0) is 28.7 Å². The van der Waals surface area contributed by atoms with Crippen LogP contribution < -0.4 is 9.61 Å². The molecule has 130 valence electrons. The van der Waals surface area contributed by atoms with Crippen LogP contribution >= 0.6 is 6.42 Å². The normalized spacial score (nSPS) is 14.2. The lowest BCUT2D eigenvalue weighted by Gasteiger charge is -2.22. The number of hydrogen-bond donors (Lipinski definition) is 1. The zero-order chi connectivity index (χ0) is 17.8. The lowest BCUT2D eigenvalue weighted by molar-refractivity contribution is -0.144. The van der Waals surface area contributed by atoms with Crippen LogP contribution in [-0.2, 0) is 21.3 Å². The summed E-state index contributed by atoms with van der Waals surface area (Å²) in [6.07, 6.45) is -2.35. The van der Waals surface area contributed by atoms with Crippen molar-refractivity contribution in [3.63, 3.8) is 0 Å². The van der Waals surface area contributed by atoms with E-state index in [1.54, 1.807) is 0 Å². The molecule has 0 saturated heterocycles. The molecule has 0 heterocycles. The molecule has 1 unspecified atom stereocenters. The Kier molecular flexibility index (Phi) is 6.02. The zero-order valence-electron chi connectivity index (χ0n) is 14.5. The summed E-state index contributed by atoms with van der Waals surface area (Å²) in [7, 11) is 0. The minimum atomic E-state index is -2.35. The van der Waals surface area contributed by atoms with Crippen LogP contribution in [0.2, 0.25) is 0 Å². The van der Waals surface area contributed by atoms with Crippen molar-refractivity contribution in [1.29, 1.82) is 0 Å². The third-order valence-electron chi connectivity index (χ3n) is 3.20. The number of nitrogens with one attached hydrogen (secondary N) is 1. The van der Waals surface area contributed by atoms with Gasteiger partial charge >= 0.3 is 5.97 Å². The SMILES string of the molecule is CC(C)(C)COC(=O)CNP(C)(=S)Oc1cccc2ccccc12. The fraction of sp³-hybridized carbons (Fsp3) is 0.389. The fourth-order valence-corrected chi connectivity index (χ4v) is 3.50. The van der Waals surface area contributed by atoms with Crippen LogP contribution in [0.4, 0.5) is 0 Å². The third kappa shape index (κ3) is 5.90. The highest BCUT2D eigenvalue weighted by atomic mass is 32.4. The van der Waals surface area contributed by atoms with E-state index in [2.05, 4.69) is 5.09 Å². The Labute approximate surface area is 148 Å². The molecule has 4 nitrogen and oxygen atoms in total. The first-order valence-electron chi connectivity index (χ1n) is 7.82. The molecule has 0 amide bonds. The molecule has 2 aromatic rings. The molecule has 0 bridgehead atoms. The third-order valence-corrected chi connectivity index (χ3v) is 5.09. The maximum Gasteiger partial charge on any atom is 0.320 e. The second-order valence-corrected chi connectivity index (χ2v) is 11.3. The molecule has 2 aromatic carbocycles. The van der Waals surface area contributed by atoms with Gasteiger partial charge in [0, 0.05) is 12.1 Å². The Morgan fingerprint density at radius 1 is 1.17 bits per heavy atom. The standard InChI is InChI=1S/C18H24NO3PS/c1-18(2,3)13-21-17(20)12-19-23(4,24)22-16-11-7-9-14-8-5-6-10-15(14)16/h5-11H,12-13H2,1-4H3,(H,19,24). The summed E-state index contributed by atoms with van der Waals surface area (Å²) in [5, 5.41) is 5.14. The van der Waals surface area contributed by atoms with Crippen LogP contribution in [0, 0.1) is 5.41 Å². The Morgan fingerprint density at radius 3 is 2.54 bits per heavy atom. The Balaban J connectivity index is 1.98. The van der Waals surface area contributed by atoms with Crippen LogP contribution in [0.25, 0.3) is 10.8 Å². The summed E-state index contributed by atoms with van der Waals surface area (Å²) >= 11 is 5.53. The molecule has 0 aliphatic rings. The molecule has 0 spiro atoms. The highest BCUT2D eigenvalue weighted by Crippen LogP contribution is 2.41. The molecular formula is C18H24NO3PS. The van der Waals surface area contributed by atoms with E-state index in [0.29, 0.717) is 6.61 Å². The molecule has 0 saturated carbocycles. The summed E-state index contributed by atoms with van der Waals surface area (Å²) in [6.45, 7) is 8.30. The second-order valence-electron chi connectivity index (χ2n) is 6.97. The van der Waals surface area contributed by atoms with Crippen molar-refractivity contribution in [3.05, 3.63) is 42.5 Å². The van der Waals surface area contributed by atoms with Gasteiger partial charge in [0.15, 0.2) is 6.42 Å². The molecule has 0 aliphatic heterocycles. The van der Waals surface area contributed by atoms with Crippen LogP contribution in [-0.4, -0.2) is 25.8 Å². The minimum absolute atomic E-state index is 0.0502. The van der Waals surface area contributed by atoms with Crippen molar-refractivity contribution in [2.45, 2.75) is 20.8 Å². The summed E-state index contributed by atoms with van der Waals surface area (Å²) in [5.74, 6) is 0.414. The maximum absolute atomic E-state index is 11.8. The zero-order valence-corrected chi connectivity index (χ0v) is 16.2. The molecule has 0 aliphatic carbocycles. The summed E-state index contributed by atoms with van der Waals surface area (Å²) in [4.78, 5) is 11.8. The van der Waals surface area contributed by atoms with E-state index in [9.17, 15) is 4.79 Å². The maximum atomic E-state index is 11.8. The minimum Gasteiger partial charge on any atom is -0.464 e. The Morgan fingerprint density at radius 2 is 1.83 bits per heavy atom. The number of benzene rings is 2. The van der Waals surface area contributed by atoms with E-state index in [1.807, 2.05) is 69.9 Å². The van der Waals surface area contributed by atoms with E-state index in [-0.39, 0.29) is 17.9 Å². The van der Waals surface area contributed by atoms with Gasteiger partial charge in [0.2, 0.25) is 0 Å². The number of rotatable bonds is 6. The first kappa shape index (κ1) is 18.9. The monoisotopic (exact) mass is 365 g/mol. The Hall–Kier alpha value is -1.42. The van der Waals surface area contributed by atoms with Gasteiger partial charge in [-0.2, -0.15) is 0 Å². The molecule has 2 rings (SSSR count). The molecular weight excluding hydrogens is 341 g/mol. The predicted octanol–water partition coefficient (Wildman–Crippen LogP) is 4.34. The predicted molar refractivity (Wildman–Crippen MR) is 103 cm³/mol. The van der Waals surface area contributed by atoms with Gasteiger partial charge < -0.3 is 9.26 Å². The van der Waals surface area contributed by atoms with Gasteiger partial charge in [-0.25, -0.2) is 5.09 Å². The van der Waals surface area contributed by atoms with Crippen molar-refractivity contribution < 1.29 is 14.1 Å². The second kappa shape index (κ2) is 7.64. The van der Waals surface area contributed by atoms with Gasteiger partial charge in [-0.3, -0.25) is 4.79 Å². The van der Waals surface area contributed by atoms with E-state index < -0.39 is 6.42 Å². The molecule has 1 atom stereocenters. The van der Waals surface area contributed by atoms with Crippen LogP contribution in [0.1, 0.15) is 20.8 Å². The van der Waals surface area contributed by atoms with Crippen molar-refractivity contribution in [3.8, 4) is 5.75 Å². The van der Waals surface area contributed by atoms with Gasteiger partial charge in [0.1, 0.15) is 12.3 Å². The van der Waals surface area contributed by atoms with Gasteiger partial charge in [0.05, 0.1) is 6.61 Å². The average Bonchev–Trinajstić information content (AvgIpc) is 2.50. The van der Waals surface area contributed by atoms with Crippen molar-refractivity contribution in [2.24, 2.45) is 5.41 Å². The number of hydrogen-bond acceptors (Lipinski definition) is 4. The van der Waals surface area contributed by atoms with E-state index in [0.717, 1.165) is 16.5 Å². The van der Waals surface area contributed by atoms with Crippen molar-refractivity contribution >= 4 is 35.0 Å². The fourth-order valence-electron chi connectivity index (χ4n) is 2.05. The van der Waals surface area contributed by atoms with E-state index in [4.69, 9.17) is 21.1 Å². The summed E-state index contributed by atoms with van der Waals surface area (Å²) < 4.78 is 11.3. The first-order chi connectivity index (χ1) is 11.2. The first-order valence-corrected chi connectivity index (χ1v) is 11.0. The molecule has 6 heteroatoms. The van der Waals surface area contributed by atoms with Crippen molar-refractivity contribution in [1.82, 2.24) is 5.09 Å². The number of fused-ring (bicyclic) bond motifs is 1. The average molecular weight is 365 g/mol. The number of carbonyl (C=O) groups excluding carboxylic acids is 1. The molecule has 0 radical (unpaired) electrons. The van der Waals surface area contributed by atoms with Crippen LogP contribution in [0.3, 0.4) is 0 Å². The number of carbonyl (C=O) groups is 1. The summed E-state index contributed by atoms with van der Waals surface area (Å²) in [5.41, 5.74) is -0.0540. The molecule has 0 aromatic heterocycles. The van der Waals surface area contributed by atoms with Crippen LogP contribution in [0.5, 0.6) is 5.75 Å². The largest absolute Gasteiger partial charge is 0.464 e. The quantitative estimate of drug-likeness (QED) is 0.610. The summed E-state index contributed by atoms with van der Waals surface area (Å²) in [6, 6.07) is 13.8. The topological polar surface area (TPSA) is 47.6 Å². The number of esters is 1. The van der Waals surface area contributed by atoms with Gasteiger partial charge in [-0.1, -0.05) is 57.2 Å². The van der Waals surface area contributed by atoms with Crippen molar-refractivity contribution in [2.75, 3.05) is 19.8 Å². The van der Waals surface area contributed by atoms with Gasteiger partial charge in [0.25, 0.3) is 0 Å². The highest BCUT2D eigenvalue weighted by Gasteiger charge is 2.18. The molecule has 1 N–H and O–H groups in total. The van der Waals surface area contributed by atoms with Gasteiger partial charge in [-0.15, -0.1) is 0 Å². The highest BCUT2D eigenvalue weighted by molar-refractivity contribution is 8.11. The Bertz CT molecular complexity index is 765. The number of ether oxygens (including phenoxy) is 1. The van der Waals surface area contributed by atoms with E-state index in [1.165, 1.54) is 0 Å². The molecule has 0 fully saturated rings. The van der Waals surface area contributed by atoms with E-state index >= 15 is 0 Å². The van der Waals surface area contributed by atoms with Crippen LogP contribution in [0.15, 0.2) is 42.5 Å². The lowest BCUT2D eigenvalue weighted by Crippen LogP contribution is -2.27. The lowest BCUT2D eigenvalue weighted by atomic mass is 9.99. The molecule has 24 heavy (non-hydrogen) atoms.